The van der Waals surface area contributed by atoms with Crippen LogP contribution in [0.1, 0.15) is 5.56 Å². The molecule has 0 saturated heterocycles. The molecule has 124 valence electrons. The van der Waals surface area contributed by atoms with Crippen molar-refractivity contribution in [3.05, 3.63) is 60.4 Å². The Labute approximate surface area is 144 Å². The van der Waals surface area contributed by atoms with Crippen LogP contribution >= 0.6 is 0 Å². The fourth-order valence-electron chi connectivity index (χ4n) is 2.73. The summed E-state index contributed by atoms with van der Waals surface area (Å²) in [6.07, 6.45) is 1.50. The molecule has 0 radical (unpaired) electrons. The van der Waals surface area contributed by atoms with Gasteiger partial charge in [0.05, 0.1) is 5.39 Å². The minimum absolute atomic E-state index is 0.241. The first-order valence-electron chi connectivity index (χ1n) is 7.86. The van der Waals surface area contributed by atoms with E-state index in [2.05, 4.69) is 20.3 Å². The van der Waals surface area contributed by atoms with Gasteiger partial charge in [-0.3, -0.25) is 0 Å². The Morgan fingerprint density at radius 2 is 1.96 bits per heavy atom. The van der Waals surface area contributed by atoms with Gasteiger partial charge in [0.25, 0.3) is 0 Å². The molecule has 0 aliphatic rings. The van der Waals surface area contributed by atoms with Crippen LogP contribution in [0.4, 0.5) is 17.2 Å². The Morgan fingerprint density at radius 1 is 1.08 bits per heavy atom. The second kappa shape index (κ2) is 5.83. The first kappa shape index (κ1) is 15.0. The van der Waals surface area contributed by atoms with Crippen molar-refractivity contribution in [2.24, 2.45) is 0 Å². The number of hydrogen-bond donors (Lipinski definition) is 4. The van der Waals surface area contributed by atoms with Gasteiger partial charge in [0, 0.05) is 28.7 Å². The molecule has 2 heterocycles. The van der Waals surface area contributed by atoms with Crippen molar-refractivity contribution in [2.45, 2.75) is 6.92 Å². The fraction of sp³-hybridized carbons (Fsp3) is 0.0526. The van der Waals surface area contributed by atoms with Crippen LogP contribution in [-0.4, -0.2) is 20.1 Å². The zero-order valence-electron chi connectivity index (χ0n) is 13.6. The Balaban J connectivity index is 1.76. The van der Waals surface area contributed by atoms with Crippen LogP contribution in [0.2, 0.25) is 0 Å². The summed E-state index contributed by atoms with van der Waals surface area (Å²) in [6, 6.07) is 15.1. The normalized spacial score (nSPS) is 10.9. The molecular formula is C19H17N5O. The smallest absolute Gasteiger partial charge is 0.143 e. The lowest BCUT2D eigenvalue weighted by Crippen LogP contribution is -1.95. The van der Waals surface area contributed by atoms with Crippen molar-refractivity contribution >= 4 is 28.2 Å². The summed E-state index contributed by atoms with van der Waals surface area (Å²) in [6.45, 7) is 1.85. The van der Waals surface area contributed by atoms with Crippen molar-refractivity contribution in [1.82, 2.24) is 15.0 Å². The molecule has 0 atom stereocenters. The van der Waals surface area contributed by atoms with Crippen LogP contribution in [0.25, 0.3) is 22.3 Å². The Kier molecular flexibility index (Phi) is 3.50. The number of aryl methyl sites for hydroxylation is 1. The SMILES string of the molecule is Cc1ccc(Nc2ncnc3[nH]c(-c4cccc(N)c4)cc23)cc1O. The van der Waals surface area contributed by atoms with Crippen molar-refractivity contribution in [3.8, 4) is 17.0 Å². The van der Waals surface area contributed by atoms with Crippen LogP contribution in [0.15, 0.2) is 54.9 Å². The molecule has 0 aliphatic carbocycles. The van der Waals surface area contributed by atoms with Gasteiger partial charge in [-0.2, -0.15) is 0 Å². The Morgan fingerprint density at radius 3 is 2.76 bits per heavy atom. The molecule has 0 fully saturated rings. The molecule has 0 spiro atoms. The molecule has 6 nitrogen and oxygen atoms in total. The molecule has 4 rings (SSSR count). The maximum Gasteiger partial charge on any atom is 0.143 e. The maximum atomic E-state index is 9.88. The predicted molar refractivity (Wildman–Crippen MR) is 99.9 cm³/mol. The number of H-pyrrole nitrogens is 1. The lowest BCUT2D eigenvalue weighted by atomic mass is 10.1. The van der Waals surface area contributed by atoms with E-state index in [1.165, 1.54) is 6.33 Å². The Bertz CT molecular complexity index is 1070. The zero-order chi connectivity index (χ0) is 17.4. The van der Waals surface area contributed by atoms with Crippen LogP contribution in [0.3, 0.4) is 0 Å². The van der Waals surface area contributed by atoms with E-state index in [0.717, 1.165) is 33.5 Å². The minimum Gasteiger partial charge on any atom is -0.508 e. The van der Waals surface area contributed by atoms with E-state index < -0.39 is 0 Å². The summed E-state index contributed by atoms with van der Waals surface area (Å²) in [5, 5.41) is 14.0. The second-order valence-electron chi connectivity index (χ2n) is 5.92. The first-order chi connectivity index (χ1) is 12.1. The lowest BCUT2D eigenvalue weighted by Gasteiger charge is -2.07. The summed E-state index contributed by atoms with van der Waals surface area (Å²) < 4.78 is 0. The van der Waals surface area contributed by atoms with Crippen LogP contribution in [0, 0.1) is 6.92 Å². The van der Waals surface area contributed by atoms with Crippen LogP contribution in [0.5, 0.6) is 5.75 Å². The highest BCUT2D eigenvalue weighted by Crippen LogP contribution is 2.30. The number of rotatable bonds is 3. The van der Waals surface area contributed by atoms with Crippen molar-refractivity contribution in [2.75, 3.05) is 11.1 Å². The lowest BCUT2D eigenvalue weighted by molar-refractivity contribution is 0.471. The quantitative estimate of drug-likeness (QED) is 0.426. The largest absolute Gasteiger partial charge is 0.508 e. The van der Waals surface area contributed by atoms with Gasteiger partial charge < -0.3 is 21.1 Å². The third-order valence-electron chi connectivity index (χ3n) is 4.10. The molecule has 25 heavy (non-hydrogen) atoms. The van der Waals surface area contributed by atoms with Gasteiger partial charge in [0.2, 0.25) is 0 Å². The second-order valence-corrected chi connectivity index (χ2v) is 5.92. The summed E-state index contributed by atoms with van der Waals surface area (Å²) in [4.78, 5) is 11.9. The molecule has 2 aromatic heterocycles. The van der Waals surface area contributed by atoms with Crippen molar-refractivity contribution < 1.29 is 5.11 Å². The van der Waals surface area contributed by atoms with Crippen LogP contribution < -0.4 is 11.1 Å². The molecule has 5 N–H and O–H groups in total. The summed E-state index contributed by atoms with van der Waals surface area (Å²) in [7, 11) is 0. The average molecular weight is 331 g/mol. The monoisotopic (exact) mass is 331 g/mol. The third-order valence-corrected chi connectivity index (χ3v) is 4.10. The highest BCUT2D eigenvalue weighted by Gasteiger charge is 2.10. The molecule has 2 aromatic carbocycles. The minimum atomic E-state index is 0.241. The average Bonchev–Trinajstić information content (AvgIpc) is 3.04. The van der Waals surface area contributed by atoms with Gasteiger partial charge in [-0.25, -0.2) is 9.97 Å². The number of phenols is 1. The molecule has 6 heteroatoms. The van der Waals surface area contributed by atoms with E-state index in [1.54, 1.807) is 6.07 Å². The number of benzene rings is 2. The highest BCUT2D eigenvalue weighted by atomic mass is 16.3. The number of aromatic amines is 1. The Hall–Kier alpha value is -3.54. The number of hydrogen-bond acceptors (Lipinski definition) is 5. The highest BCUT2D eigenvalue weighted by molar-refractivity contribution is 5.93. The van der Waals surface area contributed by atoms with E-state index in [0.29, 0.717) is 11.5 Å². The van der Waals surface area contributed by atoms with Gasteiger partial charge in [0.15, 0.2) is 0 Å². The number of nitrogens with two attached hydrogens (primary N) is 1. The molecule has 0 saturated carbocycles. The summed E-state index contributed by atoms with van der Waals surface area (Å²) in [5.74, 6) is 0.907. The number of nitrogen functional groups attached to an aromatic ring is 1. The van der Waals surface area contributed by atoms with E-state index in [1.807, 2.05) is 49.4 Å². The predicted octanol–water partition coefficient (Wildman–Crippen LogP) is 3.96. The van der Waals surface area contributed by atoms with Gasteiger partial charge in [-0.15, -0.1) is 0 Å². The molecule has 0 bridgehead atoms. The molecule has 4 aromatic rings. The van der Waals surface area contributed by atoms with Gasteiger partial charge in [0.1, 0.15) is 23.5 Å². The molecule has 0 unspecified atom stereocenters. The number of aromatic nitrogens is 3. The van der Waals surface area contributed by atoms with Crippen molar-refractivity contribution in [1.29, 1.82) is 0 Å². The molecule has 0 amide bonds. The number of nitrogens with one attached hydrogen (secondary N) is 2. The van der Waals surface area contributed by atoms with Gasteiger partial charge in [-0.05, 0) is 36.8 Å². The summed E-state index contributed by atoms with van der Waals surface area (Å²) >= 11 is 0. The van der Waals surface area contributed by atoms with E-state index in [9.17, 15) is 5.11 Å². The maximum absolute atomic E-state index is 9.88. The topological polar surface area (TPSA) is 99.9 Å². The van der Waals surface area contributed by atoms with E-state index >= 15 is 0 Å². The van der Waals surface area contributed by atoms with Gasteiger partial charge >= 0.3 is 0 Å². The number of fused-ring (bicyclic) bond motifs is 1. The molecule has 0 aliphatic heterocycles. The number of nitrogens with zero attached hydrogens (tertiary/aromatic N) is 2. The zero-order valence-corrected chi connectivity index (χ0v) is 13.6. The summed E-state index contributed by atoms with van der Waals surface area (Å²) in [5.41, 5.74) is 10.8. The number of phenolic OH excluding ortho intramolecular Hbond substituents is 1. The first-order valence-corrected chi connectivity index (χ1v) is 7.86. The number of anilines is 3. The van der Waals surface area contributed by atoms with Crippen LogP contribution in [-0.2, 0) is 0 Å². The third kappa shape index (κ3) is 2.85. The number of aromatic hydroxyl groups is 1. The fourth-order valence-corrected chi connectivity index (χ4v) is 2.73. The molecular weight excluding hydrogens is 314 g/mol. The van der Waals surface area contributed by atoms with E-state index in [-0.39, 0.29) is 5.75 Å². The van der Waals surface area contributed by atoms with E-state index in [4.69, 9.17) is 5.73 Å². The standard InChI is InChI=1S/C19H17N5O/c1-11-5-6-14(8-17(11)25)23-18-15-9-16(24-19(15)22-10-21-18)12-3-2-4-13(20)7-12/h2-10,25H,20H2,1H3,(H2,21,22,23,24). The van der Waals surface area contributed by atoms with Crippen molar-refractivity contribution in [3.63, 3.8) is 0 Å². The van der Waals surface area contributed by atoms with Gasteiger partial charge in [-0.1, -0.05) is 18.2 Å².